The van der Waals surface area contributed by atoms with E-state index in [9.17, 15) is 24.5 Å². The normalized spacial score (nSPS) is 15.1. The molecule has 0 aromatic carbocycles. The summed E-state index contributed by atoms with van der Waals surface area (Å²) in [4.78, 5) is 22.6. The highest BCUT2D eigenvalue weighted by atomic mass is 31.2. The summed E-state index contributed by atoms with van der Waals surface area (Å²) in [6, 6.07) is -0.887. The number of carbonyl (C=O) groups is 1. The number of rotatable bonds is 34. The highest BCUT2D eigenvalue weighted by molar-refractivity contribution is 7.47. The minimum absolute atomic E-state index is 0.0618. The van der Waals surface area contributed by atoms with Crippen molar-refractivity contribution in [2.75, 3.05) is 19.8 Å². The number of aliphatic hydroxyl groups excluding tert-OH is 2. The molecular weight excluding hydrogens is 579 g/mol. The van der Waals surface area contributed by atoms with E-state index in [-0.39, 0.29) is 26.2 Å². The molecule has 0 spiro atoms. The molecule has 0 heterocycles. The zero-order valence-electron chi connectivity index (χ0n) is 28.5. The van der Waals surface area contributed by atoms with Crippen LogP contribution in [0.1, 0.15) is 174 Å². The minimum Gasteiger partial charge on any atom is -0.393 e. The molecule has 0 saturated carbocycles. The van der Waals surface area contributed by atoms with Crippen LogP contribution in [0.25, 0.3) is 0 Å². The van der Waals surface area contributed by atoms with Crippen molar-refractivity contribution in [3.8, 4) is 0 Å². The zero-order valence-corrected chi connectivity index (χ0v) is 29.4. The second-order valence-electron chi connectivity index (χ2n) is 12.6. The number of phosphoric ester groups is 1. The maximum atomic E-state index is 12.7. The number of nitrogens with one attached hydrogen (secondary N) is 1. The summed E-state index contributed by atoms with van der Waals surface area (Å²) < 4.78 is 21.9. The molecular formula is C34H71N2O7P. The molecule has 0 radical (unpaired) electrons. The van der Waals surface area contributed by atoms with Crippen molar-refractivity contribution in [3.63, 3.8) is 0 Å². The predicted molar refractivity (Wildman–Crippen MR) is 182 cm³/mol. The third-order valence-electron chi connectivity index (χ3n) is 8.27. The van der Waals surface area contributed by atoms with E-state index in [2.05, 4.69) is 19.2 Å². The van der Waals surface area contributed by atoms with Gasteiger partial charge in [-0.25, -0.2) is 4.57 Å². The zero-order chi connectivity index (χ0) is 32.7. The van der Waals surface area contributed by atoms with Crippen LogP contribution >= 0.6 is 7.82 Å². The number of hydrogen-bond acceptors (Lipinski definition) is 7. The Kier molecular flexibility index (Phi) is 30.7. The van der Waals surface area contributed by atoms with Gasteiger partial charge in [0.1, 0.15) is 0 Å². The van der Waals surface area contributed by atoms with Gasteiger partial charge in [0, 0.05) is 6.54 Å². The average Bonchev–Trinajstić information content (AvgIpc) is 2.99. The summed E-state index contributed by atoms with van der Waals surface area (Å²) in [7, 11) is -4.35. The smallest absolute Gasteiger partial charge is 0.393 e. The van der Waals surface area contributed by atoms with Crippen LogP contribution in [-0.4, -0.2) is 59.0 Å². The number of unbranched alkanes of at least 4 members (excludes halogenated alkanes) is 20. The van der Waals surface area contributed by atoms with E-state index in [1.165, 1.54) is 103 Å². The first-order valence-electron chi connectivity index (χ1n) is 18.2. The SMILES string of the molecule is CCCCCCCCCCCCCCCCC(O)CC(=O)NC(COP(=O)(O)OCCN)C(O)CCCCCCCCCC. The average molecular weight is 651 g/mol. The van der Waals surface area contributed by atoms with Gasteiger partial charge in [0.2, 0.25) is 5.91 Å². The van der Waals surface area contributed by atoms with Crippen molar-refractivity contribution >= 4 is 13.7 Å². The van der Waals surface area contributed by atoms with Gasteiger partial charge >= 0.3 is 7.82 Å². The van der Waals surface area contributed by atoms with Crippen LogP contribution in [0.15, 0.2) is 0 Å². The third-order valence-corrected chi connectivity index (χ3v) is 9.25. The highest BCUT2D eigenvalue weighted by Crippen LogP contribution is 2.43. The molecule has 4 atom stereocenters. The van der Waals surface area contributed by atoms with Gasteiger partial charge in [-0.2, -0.15) is 0 Å². The molecule has 0 aliphatic rings. The van der Waals surface area contributed by atoms with Crippen molar-refractivity contribution in [1.82, 2.24) is 5.32 Å². The molecule has 0 fully saturated rings. The predicted octanol–water partition coefficient (Wildman–Crippen LogP) is 8.08. The Morgan fingerprint density at radius 1 is 0.682 bits per heavy atom. The Bertz CT molecular complexity index is 686. The minimum atomic E-state index is -4.35. The molecule has 44 heavy (non-hydrogen) atoms. The number of nitrogens with two attached hydrogens (primary N) is 1. The lowest BCUT2D eigenvalue weighted by atomic mass is 10.0. The van der Waals surface area contributed by atoms with Gasteiger partial charge in [-0.15, -0.1) is 0 Å². The van der Waals surface area contributed by atoms with Crippen LogP contribution in [0.5, 0.6) is 0 Å². The first-order valence-corrected chi connectivity index (χ1v) is 19.7. The topological polar surface area (TPSA) is 151 Å². The quantitative estimate of drug-likeness (QED) is 0.0346. The Hall–Kier alpha value is -0.540. The molecule has 0 rings (SSSR count). The van der Waals surface area contributed by atoms with Crippen LogP contribution < -0.4 is 11.1 Å². The molecule has 1 amide bonds. The summed E-state index contributed by atoms with van der Waals surface area (Å²) in [5.41, 5.74) is 5.33. The molecule has 0 saturated heterocycles. The van der Waals surface area contributed by atoms with E-state index in [1.54, 1.807) is 0 Å². The summed E-state index contributed by atoms with van der Waals surface area (Å²) in [6.45, 7) is 3.99. The van der Waals surface area contributed by atoms with E-state index in [1.807, 2.05) is 0 Å². The first-order chi connectivity index (χ1) is 21.3. The molecule has 6 N–H and O–H groups in total. The molecule has 264 valence electrons. The third kappa shape index (κ3) is 28.9. The monoisotopic (exact) mass is 650 g/mol. The standard InChI is InChI=1S/C34H71N2O7P/c1-3-5-7-9-11-13-14-15-16-17-18-19-21-23-25-31(37)29-34(39)36-32(30-43-44(40,41)42-28-27-35)33(38)26-24-22-20-12-10-8-6-4-2/h31-33,37-38H,3-30,35H2,1-2H3,(H,36,39)(H,40,41). The number of amides is 1. The number of aliphatic hydroxyl groups is 2. The number of carbonyl (C=O) groups excluding carboxylic acids is 1. The van der Waals surface area contributed by atoms with Crippen LogP contribution in [0.4, 0.5) is 0 Å². The van der Waals surface area contributed by atoms with Crippen molar-refractivity contribution < 1.29 is 33.5 Å². The lowest BCUT2D eigenvalue weighted by molar-refractivity contribution is -0.125. The molecule has 0 aromatic heterocycles. The molecule has 0 bridgehead atoms. The van der Waals surface area contributed by atoms with Crippen LogP contribution in [0.2, 0.25) is 0 Å². The van der Waals surface area contributed by atoms with Gasteiger partial charge in [-0.05, 0) is 12.8 Å². The van der Waals surface area contributed by atoms with E-state index in [0.29, 0.717) is 12.8 Å². The van der Waals surface area contributed by atoms with E-state index in [4.69, 9.17) is 14.8 Å². The number of phosphoric acid groups is 1. The van der Waals surface area contributed by atoms with Crippen molar-refractivity contribution in [2.24, 2.45) is 5.73 Å². The summed E-state index contributed by atoms with van der Waals surface area (Å²) in [6.07, 6.45) is 25.9. The van der Waals surface area contributed by atoms with Crippen LogP contribution in [0.3, 0.4) is 0 Å². The Balaban J connectivity index is 4.29. The van der Waals surface area contributed by atoms with Crippen molar-refractivity contribution in [1.29, 1.82) is 0 Å². The maximum absolute atomic E-state index is 12.7. The summed E-state index contributed by atoms with van der Waals surface area (Å²) in [5.74, 6) is -0.415. The fourth-order valence-electron chi connectivity index (χ4n) is 5.47. The second-order valence-corrected chi connectivity index (χ2v) is 14.1. The van der Waals surface area contributed by atoms with E-state index in [0.717, 1.165) is 38.5 Å². The Morgan fingerprint density at radius 2 is 1.09 bits per heavy atom. The molecule has 9 nitrogen and oxygen atoms in total. The van der Waals surface area contributed by atoms with E-state index >= 15 is 0 Å². The largest absolute Gasteiger partial charge is 0.472 e. The molecule has 0 aliphatic carbocycles. The Morgan fingerprint density at radius 3 is 1.52 bits per heavy atom. The fourth-order valence-corrected chi connectivity index (χ4v) is 6.23. The van der Waals surface area contributed by atoms with Gasteiger partial charge in [0.15, 0.2) is 0 Å². The first kappa shape index (κ1) is 43.5. The van der Waals surface area contributed by atoms with E-state index < -0.39 is 32.0 Å². The van der Waals surface area contributed by atoms with Gasteiger partial charge in [0.05, 0.1) is 37.9 Å². The molecule has 0 aliphatic heterocycles. The number of hydrogen-bond donors (Lipinski definition) is 5. The fraction of sp³-hybridized carbons (Fsp3) is 0.971. The van der Waals surface area contributed by atoms with Crippen LogP contribution in [-0.2, 0) is 18.4 Å². The van der Waals surface area contributed by atoms with Crippen molar-refractivity contribution in [2.45, 2.75) is 193 Å². The second kappa shape index (κ2) is 31.1. The van der Waals surface area contributed by atoms with Gasteiger partial charge in [-0.3, -0.25) is 13.8 Å². The molecule has 0 aromatic rings. The molecule has 4 unspecified atom stereocenters. The molecule has 10 heteroatoms. The maximum Gasteiger partial charge on any atom is 0.472 e. The lowest BCUT2D eigenvalue weighted by Gasteiger charge is -2.25. The van der Waals surface area contributed by atoms with Crippen molar-refractivity contribution in [3.05, 3.63) is 0 Å². The van der Waals surface area contributed by atoms with Gasteiger partial charge in [0.25, 0.3) is 0 Å². The lowest BCUT2D eigenvalue weighted by Crippen LogP contribution is -2.47. The highest BCUT2D eigenvalue weighted by Gasteiger charge is 2.28. The van der Waals surface area contributed by atoms with Crippen LogP contribution in [0, 0.1) is 0 Å². The summed E-state index contributed by atoms with van der Waals surface area (Å²) in [5, 5.41) is 23.9. The summed E-state index contributed by atoms with van der Waals surface area (Å²) >= 11 is 0. The Labute approximate surface area is 270 Å². The van der Waals surface area contributed by atoms with Gasteiger partial charge < -0.3 is 26.2 Å². The van der Waals surface area contributed by atoms with Gasteiger partial charge in [-0.1, -0.05) is 155 Å².